The van der Waals surface area contributed by atoms with Crippen molar-refractivity contribution in [3.05, 3.63) is 51.2 Å². The molecule has 0 aromatic heterocycles. The molecule has 2 heterocycles. The van der Waals surface area contributed by atoms with Crippen LogP contribution in [0.5, 0.6) is 0 Å². The molecule has 1 aromatic carbocycles. The number of non-ortho nitro benzene ring substituents is 1. The zero-order valence-electron chi connectivity index (χ0n) is 14.5. The highest BCUT2D eigenvalue weighted by molar-refractivity contribution is 6.00. The Morgan fingerprint density at radius 1 is 1.48 bits per heavy atom. The molecule has 3 rings (SSSR count). The number of amides is 1. The number of carbonyl (C=O) groups excluding carboxylic acids is 2. The van der Waals surface area contributed by atoms with Crippen molar-refractivity contribution in [2.24, 2.45) is 5.92 Å². The first-order chi connectivity index (χ1) is 12.8. The first kappa shape index (κ1) is 18.5. The minimum Gasteiger partial charge on any atom is -0.456 e. The summed E-state index contributed by atoms with van der Waals surface area (Å²) in [6, 6.07) is 7.22. The van der Waals surface area contributed by atoms with Gasteiger partial charge in [0.1, 0.15) is 12.3 Å². The fourth-order valence-corrected chi connectivity index (χ4v) is 3.53. The predicted octanol–water partition coefficient (Wildman–Crippen LogP) is 1.42. The van der Waals surface area contributed by atoms with Crippen LogP contribution in [0.3, 0.4) is 0 Å². The van der Waals surface area contributed by atoms with E-state index in [1.807, 2.05) is 6.07 Å². The third-order valence-electron chi connectivity index (χ3n) is 4.82. The second-order valence-corrected chi connectivity index (χ2v) is 6.53. The average Bonchev–Trinajstić information content (AvgIpc) is 2.94. The van der Waals surface area contributed by atoms with E-state index < -0.39 is 22.9 Å². The van der Waals surface area contributed by atoms with Gasteiger partial charge in [0.15, 0.2) is 0 Å². The van der Waals surface area contributed by atoms with E-state index in [2.05, 4.69) is 0 Å². The van der Waals surface area contributed by atoms with Crippen LogP contribution in [0.2, 0.25) is 0 Å². The van der Waals surface area contributed by atoms with E-state index in [4.69, 9.17) is 10.00 Å². The minimum atomic E-state index is -0.836. The summed E-state index contributed by atoms with van der Waals surface area (Å²) in [6.07, 6.45) is -0.483. The summed E-state index contributed by atoms with van der Waals surface area (Å²) in [5.41, 5.74) is 1.08. The molecule has 1 amide bonds. The summed E-state index contributed by atoms with van der Waals surface area (Å²) >= 11 is 0. The van der Waals surface area contributed by atoms with Crippen molar-refractivity contribution < 1.29 is 24.4 Å². The van der Waals surface area contributed by atoms with Crippen LogP contribution in [0.1, 0.15) is 25.3 Å². The van der Waals surface area contributed by atoms with Gasteiger partial charge < -0.3 is 14.7 Å². The number of ether oxygens (including phenoxy) is 1. The van der Waals surface area contributed by atoms with Crippen molar-refractivity contribution in [1.82, 2.24) is 4.90 Å². The Morgan fingerprint density at radius 3 is 2.70 bits per heavy atom. The molecule has 0 radical (unpaired) electrons. The molecule has 1 aromatic rings. The summed E-state index contributed by atoms with van der Waals surface area (Å²) in [7, 11) is 0. The van der Waals surface area contributed by atoms with Crippen molar-refractivity contribution in [2.75, 3.05) is 0 Å². The van der Waals surface area contributed by atoms with E-state index in [0.29, 0.717) is 17.6 Å². The Bertz CT molecular complexity index is 868. The average molecular weight is 371 g/mol. The third-order valence-corrected chi connectivity index (χ3v) is 4.82. The van der Waals surface area contributed by atoms with Gasteiger partial charge in [-0.2, -0.15) is 5.26 Å². The van der Waals surface area contributed by atoms with Crippen molar-refractivity contribution >= 4 is 17.6 Å². The Labute approximate surface area is 154 Å². The van der Waals surface area contributed by atoms with Crippen LogP contribution in [-0.4, -0.2) is 39.0 Å². The van der Waals surface area contributed by atoms with E-state index >= 15 is 0 Å². The number of nitro benzene ring substituents is 1. The van der Waals surface area contributed by atoms with Gasteiger partial charge in [0.2, 0.25) is 5.91 Å². The molecule has 140 valence electrons. The molecule has 2 aliphatic rings. The van der Waals surface area contributed by atoms with Crippen LogP contribution in [0.4, 0.5) is 5.69 Å². The lowest BCUT2D eigenvalue weighted by Crippen LogP contribution is -2.61. The van der Waals surface area contributed by atoms with Crippen molar-refractivity contribution in [2.45, 2.75) is 38.5 Å². The Balaban J connectivity index is 1.72. The number of benzene rings is 1. The third kappa shape index (κ3) is 3.27. The van der Waals surface area contributed by atoms with Gasteiger partial charge >= 0.3 is 5.97 Å². The summed E-state index contributed by atoms with van der Waals surface area (Å²) in [5.74, 6) is -1.66. The highest BCUT2D eigenvalue weighted by Gasteiger charge is 2.56. The smallest absolute Gasteiger partial charge is 0.355 e. The van der Waals surface area contributed by atoms with Gasteiger partial charge in [0, 0.05) is 12.1 Å². The number of esters is 1. The number of hydrogen-bond donors (Lipinski definition) is 1. The molecule has 1 fully saturated rings. The molecule has 3 atom stereocenters. The number of carbonyl (C=O) groups is 2. The quantitative estimate of drug-likeness (QED) is 0.346. The summed E-state index contributed by atoms with van der Waals surface area (Å²) < 4.78 is 5.25. The number of hydrogen-bond acceptors (Lipinski definition) is 7. The maximum atomic E-state index is 12.5. The van der Waals surface area contributed by atoms with E-state index in [0.717, 1.165) is 0 Å². The van der Waals surface area contributed by atoms with Gasteiger partial charge in [-0.1, -0.05) is 0 Å². The van der Waals surface area contributed by atoms with Crippen LogP contribution in [0, 0.1) is 27.4 Å². The lowest BCUT2D eigenvalue weighted by molar-refractivity contribution is -0.384. The fourth-order valence-electron chi connectivity index (χ4n) is 3.53. The van der Waals surface area contributed by atoms with E-state index in [1.54, 1.807) is 0 Å². The molecule has 2 aliphatic heterocycles. The van der Waals surface area contributed by atoms with Crippen molar-refractivity contribution in [1.29, 1.82) is 5.26 Å². The van der Waals surface area contributed by atoms with Crippen molar-refractivity contribution in [3.8, 4) is 6.07 Å². The number of nitrogens with zero attached hydrogens (tertiary/aromatic N) is 3. The molecule has 27 heavy (non-hydrogen) atoms. The van der Waals surface area contributed by atoms with E-state index in [1.165, 1.54) is 36.1 Å². The highest BCUT2D eigenvalue weighted by Crippen LogP contribution is 2.44. The number of aliphatic hydroxyl groups is 1. The highest BCUT2D eigenvalue weighted by atomic mass is 16.6. The number of nitro groups is 1. The van der Waals surface area contributed by atoms with Crippen LogP contribution in [-0.2, 0) is 20.9 Å². The zero-order chi connectivity index (χ0) is 19.7. The number of fused-ring (bicyclic) bond motifs is 1. The first-order valence-corrected chi connectivity index (χ1v) is 8.35. The van der Waals surface area contributed by atoms with Gasteiger partial charge in [0.25, 0.3) is 5.69 Å². The maximum Gasteiger partial charge on any atom is 0.355 e. The second kappa shape index (κ2) is 7.17. The van der Waals surface area contributed by atoms with Crippen LogP contribution in [0.15, 0.2) is 35.5 Å². The van der Waals surface area contributed by atoms with Crippen LogP contribution < -0.4 is 0 Å². The molecule has 9 heteroatoms. The van der Waals surface area contributed by atoms with Crippen LogP contribution in [0.25, 0.3) is 0 Å². The van der Waals surface area contributed by atoms with Gasteiger partial charge in [0.05, 0.1) is 35.5 Å². The standard InChI is InChI=1S/C18H17N3O6/c1-10(22)15-14-8-12(6-7-19)16(20(14)17(15)23)18(24)27-9-11-2-4-13(5-3-11)21(25)26/h2-5,10,14-15,22H,6,8-9H2,1H3/t10-,14-,15-/m1/s1. The SMILES string of the molecule is C[C@@H](O)[C@H]1C(=O)N2C(C(=O)OCc3ccc([N+](=O)[O-])cc3)=C(CC#N)C[C@H]12. The van der Waals surface area contributed by atoms with Gasteiger partial charge in [-0.3, -0.25) is 14.9 Å². The molecule has 0 spiro atoms. The number of nitriles is 1. The fraction of sp³-hybridized carbons (Fsp3) is 0.389. The molecule has 0 saturated carbocycles. The summed E-state index contributed by atoms with van der Waals surface area (Å²) in [5, 5.41) is 29.4. The molecule has 0 unspecified atom stereocenters. The topological polar surface area (TPSA) is 134 Å². The zero-order valence-corrected chi connectivity index (χ0v) is 14.5. The summed E-state index contributed by atoms with van der Waals surface area (Å²) in [6.45, 7) is 1.40. The van der Waals surface area contributed by atoms with Crippen LogP contribution >= 0.6 is 0 Å². The van der Waals surface area contributed by atoms with Gasteiger partial charge in [-0.15, -0.1) is 0 Å². The Morgan fingerprint density at radius 2 is 2.15 bits per heavy atom. The van der Waals surface area contributed by atoms with E-state index in [9.17, 15) is 24.8 Å². The molecule has 0 aliphatic carbocycles. The number of β-lactam (4-membered cyclic amide) rings is 1. The van der Waals surface area contributed by atoms with Gasteiger partial charge in [-0.25, -0.2) is 4.79 Å². The molecule has 0 bridgehead atoms. The minimum absolute atomic E-state index is 0.00518. The lowest BCUT2D eigenvalue weighted by atomic mass is 9.83. The maximum absolute atomic E-state index is 12.5. The molecule has 9 nitrogen and oxygen atoms in total. The molecule has 1 saturated heterocycles. The van der Waals surface area contributed by atoms with Crippen molar-refractivity contribution in [3.63, 3.8) is 0 Å². The largest absolute Gasteiger partial charge is 0.456 e. The Hall–Kier alpha value is -3.25. The molecular weight excluding hydrogens is 354 g/mol. The number of aliphatic hydroxyl groups excluding tert-OH is 1. The second-order valence-electron chi connectivity index (χ2n) is 6.53. The predicted molar refractivity (Wildman–Crippen MR) is 90.6 cm³/mol. The lowest BCUT2D eigenvalue weighted by Gasteiger charge is -2.44. The monoisotopic (exact) mass is 371 g/mol. The normalized spacial score (nSPS) is 22.0. The molecule has 1 N–H and O–H groups in total. The van der Waals surface area contributed by atoms with Gasteiger partial charge in [-0.05, 0) is 36.6 Å². The number of rotatable bonds is 6. The Kier molecular flexibility index (Phi) is 4.92. The first-order valence-electron chi connectivity index (χ1n) is 8.35. The summed E-state index contributed by atoms with van der Waals surface area (Å²) in [4.78, 5) is 36.3. The molecular formula is C18H17N3O6. The van der Waals surface area contributed by atoms with E-state index in [-0.39, 0.29) is 36.4 Å².